The van der Waals surface area contributed by atoms with E-state index in [0.29, 0.717) is 18.9 Å². The topological polar surface area (TPSA) is 132 Å². The van der Waals surface area contributed by atoms with Crippen LogP contribution in [-0.2, 0) is 24.7 Å². The highest BCUT2D eigenvalue weighted by Gasteiger charge is 2.47. The van der Waals surface area contributed by atoms with Gasteiger partial charge in [-0.15, -0.1) is 0 Å². The average Bonchev–Trinajstić information content (AvgIpc) is 3.66. The molecule has 0 radical (unpaired) electrons. The molecule has 1 saturated carbocycles. The van der Waals surface area contributed by atoms with E-state index < -0.39 is 23.7 Å². The summed E-state index contributed by atoms with van der Waals surface area (Å²) in [7, 11) is 0. The number of piperidine rings is 1. The van der Waals surface area contributed by atoms with Crippen molar-refractivity contribution in [1.82, 2.24) is 15.2 Å². The highest BCUT2D eigenvalue weighted by Crippen LogP contribution is 2.48. The van der Waals surface area contributed by atoms with Crippen LogP contribution in [0.4, 0.5) is 0 Å². The lowest BCUT2D eigenvalue weighted by Crippen LogP contribution is -2.54. The summed E-state index contributed by atoms with van der Waals surface area (Å²) < 4.78 is 0. The molecule has 2 bridgehead atoms. The van der Waals surface area contributed by atoms with Crippen LogP contribution in [0.3, 0.4) is 0 Å². The number of carbonyl (C=O) groups is 1. The number of aliphatic hydroxyl groups is 1. The van der Waals surface area contributed by atoms with Gasteiger partial charge in [0.15, 0.2) is 0 Å². The van der Waals surface area contributed by atoms with E-state index in [-0.39, 0.29) is 16.7 Å². The number of fused-ring (bicyclic) bond motifs is 4. The zero-order valence-corrected chi connectivity index (χ0v) is 21.2. The Morgan fingerprint density at radius 1 is 1.33 bits per heavy atom. The second-order valence-corrected chi connectivity index (χ2v) is 11.2. The van der Waals surface area contributed by atoms with Gasteiger partial charge in [0, 0.05) is 23.7 Å². The van der Waals surface area contributed by atoms with E-state index in [4.69, 9.17) is 5.73 Å². The van der Waals surface area contributed by atoms with E-state index in [2.05, 4.69) is 21.3 Å². The van der Waals surface area contributed by atoms with Gasteiger partial charge in [-0.25, -0.2) is 0 Å². The second-order valence-electron chi connectivity index (χ2n) is 11.2. The van der Waals surface area contributed by atoms with Gasteiger partial charge >= 0.3 is 0 Å². The van der Waals surface area contributed by atoms with Gasteiger partial charge in [0.2, 0.25) is 0 Å². The Kier molecular flexibility index (Phi) is 6.70. The number of rotatable bonds is 8. The summed E-state index contributed by atoms with van der Waals surface area (Å²) in [5.41, 5.74) is 9.14. The number of aromatic amines is 1. The van der Waals surface area contributed by atoms with Crippen molar-refractivity contribution in [2.45, 2.75) is 82.5 Å². The lowest BCUT2D eigenvalue weighted by molar-refractivity contribution is 0.0744. The first-order valence-corrected chi connectivity index (χ1v) is 13.2. The minimum absolute atomic E-state index is 0.0272. The van der Waals surface area contributed by atoms with Crippen LogP contribution in [0.1, 0.15) is 72.3 Å². The van der Waals surface area contributed by atoms with Gasteiger partial charge in [0.05, 0.1) is 6.04 Å². The molecule has 2 aliphatic carbocycles. The second kappa shape index (κ2) is 9.65. The Morgan fingerprint density at radius 2 is 2.11 bits per heavy atom. The fourth-order valence-electron chi connectivity index (χ4n) is 6.25. The molecule has 4 unspecified atom stereocenters. The van der Waals surface area contributed by atoms with Gasteiger partial charge in [0.25, 0.3) is 11.5 Å². The molecular formula is C28H38N4O4. The van der Waals surface area contributed by atoms with Crippen molar-refractivity contribution in [2.75, 3.05) is 13.1 Å². The number of phenols is 1. The Morgan fingerprint density at radius 3 is 2.81 bits per heavy atom. The van der Waals surface area contributed by atoms with Crippen LogP contribution in [0.15, 0.2) is 29.1 Å². The summed E-state index contributed by atoms with van der Waals surface area (Å²) in [6.45, 7) is 5.80. The third-order valence-corrected chi connectivity index (χ3v) is 8.56. The van der Waals surface area contributed by atoms with Gasteiger partial charge in [-0.1, -0.05) is 13.0 Å². The first-order chi connectivity index (χ1) is 17.2. The van der Waals surface area contributed by atoms with Crippen LogP contribution < -0.4 is 16.6 Å². The number of aryl methyl sites for hydroxylation is 1. The number of nitrogens with zero attached hydrogens (tertiary/aromatic N) is 1. The normalized spacial score (nSPS) is 25.2. The van der Waals surface area contributed by atoms with Crippen LogP contribution in [0.25, 0.3) is 0 Å². The first kappa shape index (κ1) is 25.0. The molecule has 5 rings (SSSR count). The molecule has 8 nitrogen and oxygen atoms in total. The SMILES string of the molecule is CCc1cc(C(=O)NC(C)C(N)O)c(=O)[nH]c1CC12CCN(CC3CC3)C(Cc3ccc(O)cc31)C2. The molecule has 8 heteroatoms. The highest BCUT2D eigenvalue weighted by atomic mass is 16.3. The Hall–Kier alpha value is -2.68. The van der Waals surface area contributed by atoms with Gasteiger partial charge in [-0.3, -0.25) is 14.5 Å². The van der Waals surface area contributed by atoms with Gasteiger partial charge in [-0.2, -0.15) is 0 Å². The molecule has 6 N–H and O–H groups in total. The van der Waals surface area contributed by atoms with Gasteiger partial charge < -0.3 is 26.2 Å². The van der Waals surface area contributed by atoms with E-state index in [1.54, 1.807) is 19.1 Å². The fraction of sp³-hybridized carbons (Fsp3) is 0.571. The van der Waals surface area contributed by atoms with Gasteiger partial charge in [0.1, 0.15) is 17.5 Å². The summed E-state index contributed by atoms with van der Waals surface area (Å²) in [6, 6.07) is 7.24. The van der Waals surface area contributed by atoms with Gasteiger partial charge in [-0.05, 0) is 99.2 Å². The fourth-order valence-corrected chi connectivity index (χ4v) is 6.25. The van der Waals surface area contributed by atoms with E-state index in [1.165, 1.54) is 30.5 Å². The predicted molar refractivity (Wildman–Crippen MR) is 138 cm³/mol. The zero-order valence-electron chi connectivity index (χ0n) is 21.2. The third kappa shape index (κ3) is 4.82. The molecule has 2 heterocycles. The Labute approximate surface area is 211 Å². The minimum Gasteiger partial charge on any atom is -0.508 e. The molecule has 0 spiro atoms. The summed E-state index contributed by atoms with van der Waals surface area (Å²) in [4.78, 5) is 31.5. The van der Waals surface area contributed by atoms with Crippen LogP contribution in [0.5, 0.6) is 5.75 Å². The molecule has 1 amide bonds. The smallest absolute Gasteiger partial charge is 0.261 e. The number of benzene rings is 1. The summed E-state index contributed by atoms with van der Waals surface area (Å²) in [5, 5.41) is 22.5. The number of aliphatic hydroxyl groups excluding tert-OH is 1. The van der Waals surface area contributed by atoms with E-state index in [0.717, 1.165) is 43.0 Å². The number of hydrogen-bond donors (Lipinski definition) is 5. The summed E-state index contributed by atoms with van der Waals surface area (Å²) in [6.07, 6.45) is 5.74. The standard InChI is InChI=1S/C28H38N4O4/c1-3-18-11-22(26(35)30-16(2)25(29)34)27(36)31-24(18)14-28-8-9-32(15-17-4-5-17)20(13-28)10-19-6-7-21(33)12-23(19)28/h6-7,11-12,16-17,20,25,33-34H,3-5,8-10,13-15,29H2,1-2H3,(H,30,35)(H,31,36). The summed E-state index contributed by atoms with van der Waals surface area (Å²) in [5.74, 6) is 0.567. The number of amides is 1. The molecule has 36 heavy (non-hydrogen) atoms. The largest absolute Gasteiger partial charge is 0.508 e. The monoisotopic (exact) mass is 494 g/mol. The molecule has 2 fully saturated rings. The molecular weight excluding hydrogens is 456 g/mol. The molecule has 1 aromatic heterocycles. The quantitative estimate of drug-likeness (QED) is 0.357. The number of H-pyrrole nitrogens is 1. The maximum atomic E-state index is 13.0. The molecule has 3 aliphatic rings. The number of nitrogens with two attached hydrogens (primary N) is 1. The molecule has 1 aliphatic heterocycles. The number of likely N-dealkylation sites (tertiary alicyclic amines) is 1. The van der Waals surface area contributed by atoms with Crippen molar-refractivity contribution in [2.24, 2.45) is 11.7 Å². The number of aromatic hydroxyl groups is 1. The molecule has 1 saturated heterocycles. The Balaban J connectivity index is 1.48. The highest BCUT2D eigenvalue weighted by molar-refractivity contribution is 5.94. The van der Waals surface area contributed by atoms with E-state index >= 15 is 0 Å². The van der Waals surface area contributed by atoms with E-state index in [9.17, 15) is 19.8 Å². The van der Waals surface area contributed by atoms with E-state index in [1.807, 2.05) is 13.0 Å². The maximum Gasteiger partial charge on any atom is 0.261 e. The van der Waals surface area contributed by atoms with Crippen molar-refractivity contribution >= 4 is 5.91 Å². The first-order valence-electron chi connectivity index (χ1n) is 13.2. The van der Waals surface area contributed by atoms with Crippen LogP contribution in [0.2, 0.25) is 0 Å². The molecule has 1 aromatic carbocycles. The van der Waals surface area contributed by atoms with Crippen molar-refractivity contribution < 1.29 is 15.0 Å². The summed E-state index contributed by atoms with van der Waals surface area (Å²) >= 11 is 0. The maximum absolute atomic E-state index is 13.0. The van der Waals surface area contributed by atoms with Crippen molar-refractivity contribution in [3.8, 4) is 5.75 Å². The Bertz CT molecular complexity index is 1200. The number of pyridine rings is 1. The number of aromatic nitrogens is 1. The van der Waals surface area contributed by atoms with Crippen molar-refractivity contribution in [3.05, 3.63) is 62.6 Å². The number of phenolic OH excluding ortho intramolecular Hbond substituents is 1. The minimum atomic E-state index is -1.21. The number of nitrogens with one attached hydrogen (secondary N) is 2. The number of hydrogen-bond acceptors (Lipinski definition) is 6. The molecule has 194 valence electrons. The third-order valence-electron chi connectivity index (χ3n) is 8.56. The molecule has 4 atom stereocenters. The van der Waals surface area contributed by atoms with Crippen LogP contribution in [0, 0.1) is 5.92 Å². The zero-order chi connectivity index (χ0) is 25.6. The predicted octanol–water partition coefficient (Wildman–Crippen LogP) is 1.95. The van der Waals surface area contributed by atoms with Crippen LogP contribution in [-0.4, -0.2) is 57.4 Å². The molecule has 2 aromatic rings. The lowest BCUT2D eigenvalue weighted by Gasteiger charge is -2.52. The lowest BCUT2D eigenvalue weighted by atomic mass is 9.61. The average molecular weight is 495 g/mol. The van der Waals surface area contributed by atoms with Crippen molar-refractivity contribution in [3.63, 3.8) is 0 Å². The number of carbonyl (C=O) groups excluding carboxylic acids is 1. The van der Waals surface area contributed by atoms with Crippen LogP contribution >= 0.6 is 0 Å². The van der Waals surface area contributed by atoms with Crippen molar-refractivity contribution in [1.29, 1.82) is 0 Å².